The van der Waals surface area contributed by atoms with Crippen LogP contribution in [0, 0.1) is 23.5 Å². The number of unbranched alkanes of at least 4 members (excludes halogenated alkanes) is 2. The maximum absolute atomic E-state index is 15.7. The van der Waals surface area contributed by atoms with Crippen molar-refractivity contribution in [3.05, 3.63) is 107 Å². The van der Waals surface area contributed by atoms with Gasteiger partial charge in [-0.2, -0.15) is 8.75 Å². The highest BCUT2D eigenvalue weighted by molar-refractivity contribution is 7.31. The molecule has 0 saturated heterocycles. The molecule has 0 spiro atoms. The van der Waals surface area contributed by atoms with Crippen molar-refractivity contribution < 1.29 is 8.78 Å². The van der Waals surface area contributed by atoms with E-state index in [4.69, 9.17) is 18.7 Å². The molecule has 4 nitrogen and oxygen atoms in total. The first kappa shape index (κ1) is 45.1. The van der Waals surface area contributed by atoms with Gasteiger partial charge in [0.15, 0.2) is 0 Å². The molecule has 4 aromatic heterocycles. The summed E-state index contributed by atoms with van der Waals surface area (Å²) >= 11 is 4.51. The van der Waals surface area contributed by atoms with Gasteiger partial charge in [-0.25, -0.2) is 18.7 Å². The molecule has 4 heterocycles. The second-order valence-electron chi connectivity index (χ2n) is 17.3. The lowest BCUT2D eigenvalue weighted by molar-refractivity contribution is 0.421. The van der Waals surface area contributed by atoms with Crippen molar-refractivity contribution in [1.29, 1.82) is 0 Å². The van der Waals surface area contributed by atoms with Crippen molar-refractivity contribution in [3.63, 3.8) is 0 Å². The van der Waals surface area contributed by atoms with Gasteiger partial charge in [0.2, 0.25) is 0 Å². The van der Waals surface area contributed by atoms with E-state index in [0.29, 0.717) is 23.0 Å². The molecule has 8 rings (SSSR count). The average molecular weight is 899 g/mol. The molecular formula is C54H60F2N4S3. The molecule has 4 aromatic carbocycles. The van der Waals surface area contributed by atoms with Crippen LogP contribution in [-0.4, -0.2) is 18.7 Å². The number of halogens is 2. The third-order valence-corrected chi connectivity index (χ3v) is 16.1. The van der Waals surface area contributed by atoms with Crippen molar-refractivity contribution in [2.24, 2.45) is 11.8 Å². The molecule has 0 N–H and O–H groups in total. The third kappa shape index (κ3) is 9.67. The predicted octanol–water partition coefficient (Wildman–Crippen LogP) is 17.3. The summed E-state index contributed by atoms with van der Waals surface area (Å²) in [5.74, 6) is 1.05. The number of hydrogen-bond acceptors (Lipinski definition) is 7. The Morgan fingerprint density at radius 2 is 1.00 bits per heavy atom. The summed E-state index contributed by atoms with van der Waals surface area (Å²) in [6.45, 7) is 13.3. The first-order chi connectivity index (χ1) is 30.8. The van der Waals surface area contributed by atoms with Crippen LogP contribution in [0.25, 0.3) is 74.6 Å². The van der Waals surface area contributed by atoms with E-state index >= 15 is 8.78 Å². The van der Waals surface area contributed by atoms with Crippen LogP contribution in [0.5, 0.6) is 0 Å². The van der Waals surface area contributed by atoms with Gasteiger partial charge in [0.05, 0.1) is 28.6 Å². The molecule has 0 bridgehead atoms. The fraction of sp³-hybridized carbons (Fsp3) is 0.407. The van der Waals surface area contributed by atoms with E-state index in [2.05, 4.69) is 77.9 Å². The minimum Gasteiger partial charge on any atom is -0.249 e. The van der Waals surface area contributed by atoms with E-state index in [-0.39, 0.29) is 11.6 Å². The Morgan fingerprint density at radius 1 is 0.508 bits per heavy atom. The Bertz CT molecular complexity index is 2790. The lowest BCUT2D eigenvalue weighted by Gasteiger charge is -2.15. The molecule has 63 heavy (non-hydrogen) atoms. The zero-order chi connectivity index (χ0) is 44.0. The summed E-state index contributed by atoms with van der Waals surface area (Å²) in [6, 6.07) is 24.0. The molecule has 9 heteroatoms. The number of nitrogens with zero attached hydrogens (tertiary/aromatic N) is 4. The molecule has 0 saturated carbocycles. The van der Waals surface area contributed by atoms with E-state index in [0.717, 1.165) is 125 Å². The van der Waals surface area contributed by atoms with Gasteiger partial charge in [-0.15, -0.1) is 22.7 Å². The van der Waals surface area contributed by atoms with Crippen molar-refractivity contribution in [2.45, 2.75) is 131 Å². The quantitative estimate of drug-likeness (QED) is 0.0765. The number of benzene rings is 4. The minimum atomic E-state index is -0.187. The highest BCUT2D eigenvalue weighted by atomic mass is 32.1. The lowest BCUT2D eigenvalue weighted by Crippen LogP contribution is -2.03. The van der Waals surface area contributed by atoms with Crippen molar-refractivity contribution in [3.8, 4) is 43.1 Å². The summed E-state index contributed by atoms with van der Waals surface area (Å²) < 4.78 is 43.5. The minimum absolute atomic E-state index is 0.154. The summed E-state index contributed by atoms with van der Waals surface area (Å²) in [5, 5.41) is 0. The standard InChI is InChI=1S/C54H60F2N4S3/c1-7-13-15-33(9-3)17-19-35-21-27-39(41(55)29-35)37-23-25-38(26-24-37)49-51-52(58-44(12-6)43(11-5)57-51)50(54-53(49)59-63-60-54)48-32-47-46(62-48)31-45(61-47)40-28-22-36(30-42(40)56)20-18-34(10-4)16-14-8-2/h21-34H,7-20H2,1-6H3. The van der Waals surface area contributed by atoms with Crippen LogP contribution in [0.1, 0.15) is 128 Å². The Labute approximate surface area is 384 Å². The van der Waals surface area contributed by atoms with E-state index in [1.807, 2.05) is 24.3 Å². The van der Waals surface area contributed by atoms with Crippen molar-refractivity contribution in [1.82, 2.24) is 18.7 Å². The highest BCUT2D eigenvalue weighted by Gasteiger charge is 2.25. The molecule has 8 aromatic rings. The summed E-state index contributed by atoms with van der Waals surface area (Å²) in [5.41, 5.74) is 12.1. The number of aromatic nitrogens is 4. The summed E-state index contributed by atoms with van der Waals surface area (Å²) in [6.07, 6.45) is 15.3. The lowest BCUT2D eigenvalue weighted by atomic mass is 9.91. The van der Waals surface area contributed by atoms with Crippen LogP contribution in [0.2, 0.25) is 0 Å². The Kier molecular flexibility index (Phi) is 14.8. The monoisotopic (exact) mass is 898 g/mol. The van der Waals surface area contributed by atoms with E-state index in [1.165, 1.54) is 63.1 Å². The Morgan fingerprint density at radius 3 is 1.52 bits per heavy atom. The number of thiophene rings is 2. The summed E-state index contributed by atoms with van der Waals surface area (Å²) in [4.78, 5) is 12.7. The largest absolute Gasteiger partial charge is 0.249 e. The molecule has 2 unspecified atom stereocenters. The van der Waals surface area contributed by atoms with E-state index < -0.39 is 0 Å². The molecule has 0 radical (unpaired) electrons. The van der Waals surface area contributed by atoms with Crippen LogP contribution in [0.15, 0.2) is 72.8 Å². The first-order valence-electron chi connectivity index (χ1n) is 23.5. The molecular weight excluding hydrogens is 839 g/mol. The van der Waals surface area contributed by atoms with Gasteiger partial charge in [-0.3, -0.25) is 0 Å². The van der Waals surface area contributed by atoms with Gasteiger partial charge in [-0.05, 0) is 96.9 Å². The van der Waals surface area contributed by atoms with Gasteiger partial charge in [0, 0.05) is 41.4 Å². The highest BCUT2D eigenvalue weighted by Crippen LogP contribution is 2.48. The van der Waals surface area contributed by atoms with E-state index in [9.17, 15) is 0 Å². The fourth-order valence-corrected chi connectivity index (χ4v) is 12.3. The Balaban J connectivity index is 1.11. The second kappa shape index (κ2) is 20.6. The maximum atomic E-state index is 15.7. The third-order valence-electron chi connectivity index (χ3n) is 13.2. The number of hydrogen-bond donors (Lipinski definition) is 0. The topological polar surface area (TPSA) is 51.6 Å². The zero-order valence-corrected chi connectivity index (χ0v) is 40.2. The molecule has 328 valence electrons. The SMILES string of the molecule is CCCCC(CC)CCc1ccc(-c2ccc(-c3c4nsnc4c(-c4cc5sc(-c6ccc(CCC(CC)CCCC)cc6F)cc5s4)c4nc(CC)c(CC)nc34)cc2)c(F)c1. The van der Waals surface area contributed by atoms with Crippen molar-refractivity contribution in [2.75, 3.05) is 0 Å². The van der Waals surface area contributed by atoms with Gasteiger partial charge < -0.3 is 0 Å². The maximum Gasteiger partial charge on any atom is 0.132 e. The van der Waals surface area contributed by atoms with Crippen LogP contribution in [-0.2, 0) is 25.7 Å². The van der Waals surface area contributed by atoms with Crippen LogP contribution in [0.4, 0.5) is 8.78 Å². The van der Waals surface area contributed by atoms with Crippen LogP contribution >= 0.6 is 34.4 Å². The molecule has 0 amide bonds. The normalized spacial score (nSPS) is 12.9. The Hall–Kier alpha value is -4.44. The second-order valence-corrected chi connectivity index (χ2v) is 20.0. The van der Waals surface area contributed by atoms with Crippen molar-refractivity contribution >= 4 is 65.9 Å². The van der Waals surface area contributed by atoms with E-state index in [1.54, 1.807) is 34.8 Å². The molecule has 0 fully saturated rings. The number of rotatable bonds is 20. The van der Waals surface area contributed by atoms with Crippen LogP contribution in [0.3, 0.4) is 0 Å². The number of fused-ring (bicyclic) bond motifs is 3. The molecule has 2 atom stereocenters. The van der Waals surface area contributed by atoms with Gasteiger partial charge in [0.25, 0.3) is 0 Å². The summed E-state index contributed by atoms with van der Waals surface area (Å²) in [7, 11) is 0. The predicted molar refractivity (Wildman–Crippen MR) is 267 cm³/mol. The van der Waals surface area contributed by atoms with Crippen LogP contribution < -0.4 is 0 Å². The smallest absolute Gasteiger partial charge is 0.132 e. The molecule has 0 aliphatic heterocycles. The van der Waals surface area contributed by atoms with Gasteiger partial charge in [0.1, 0.15) is 28.2 Å². The molecule has 0 aliphatic carbocycles. The average Bonchev–Trinajstić information content (AvgIpc) is 4.05. The first-order valence-corrected chi connectivity index (χ1v) is 25.8. The van der Waals surface area contributed by atoms with Gasteiger partial charge in [-0.1, -0.05) is 141 Å². The fourth-order valence-electron chi connectivity index (χ4n) is 9.27. The molecule has 0 aliphatic rings. The number of aryl methyl sites for hydroxylation is 4. The van der Waals surface area contributed by atoms with Gasteiger partial charge >= 0.3 is 0 Å². The zero-order valence-electron chi connectivity index (χ0n) is 37.8.